The zero-order valence-corrected chi connectivity index (χ0v) is 14.5. The van der Waals surface area contributed by atoms with E-state index >= 15 is 0 Å². The average molecular weight is 335 g/mol. The second kappa shape index (κ2) is 8.81. The summed E-state index contributed by atoms with van der Waals surface area (Å²) in [6.07, 6.45) is 3.00. The number of aliphatic hydroxyl groups excluding tert-OH is 1. The van der Waals surface area contributed by atoms with E-state index in [0.717, 1.165) is 51.3 Å². The molecule has 3 rings (SSSR count). The summed E-state index contributed by atoms with van der Waals surface area (Å²) in [4.78, 5) is 2.48. The van der Waals surface area contributed by atoms with Crippen molar-refractivity contribution in [1.82, 2.24) is 4.90 Å². The highest BCUT2D eigenvalue weighted by molar-refractivity contribution is 5.27. The van der Waals surface area contributed by atoms with Crippen molar-refractivity contribution >= 4 is 0 Å². The predicted octanol–water partition coefficient (Wildman–Crippen LogP) is 2.07. The molecule has 5 nitrogen and oxygen atoms in total. The number of morpholine rings is 1. The standard InChI is InChI=1S/C19H29NO4/c1-22-11-12-24-16-7-5-15(6-8-16)13-20-9-10-23-14-18(20)17-3-2-4-19(17)21/h5-8,17-19,21H,2-4,9-14H2,1H3. The fraction of sp³-hybridized carbons (Fsp3) is 0.684. The SMILES string of the molecule is COCCOc1ccc(CN2CCOCC2C2CCCC2O)cc1. The molecule has 1 saturated carbocycles. The molecular formula is C19H29NO4. The van der Waals surface area contributed by atoms with Crippen molar-refractivity contribution < 1.29 is 19.3 Å². The van der Waals surface area contributed by atoms with Gasteiger partial charge in [-0.25, -0.2) is 0 Å². The Hall–Kier alpha value is -1.14. The number of hydrogen-bond acceptors (Lipinski definition) is 5. The molecule has 1 saturated heterocycles. The molecule has 1 aromatic rings. The number of benzene rings is 1. The van der Waals surface area contributed by atoms with E-state index in [1.165, 1.54) is 5.56 Å². The fourth-order valence-corrected chi connectivity index (χ4v) is 3.83. The van der Waals surface area contributed by atoms with Crippen LogP contribution in [-0.2, 0) is 16.0 Å². The van der Waals surface area contributed by atoms with Crippen molar-refractivity contribution in [1.29, 1.82) is 0 Å². The molecule has 3 unspecified atom stereocenters. The quantitative estimate of drug-likeness (QED) is 0.773. The third-order valence-electron chi connectivity index (χ3n) is 5.17. The van der Waals surface area contributed by atoms with Crippen LogP contribution in [0.3, 0.4) is 0 Å². The molecule has 1 heterocycles. The number of methoxy groups -OCH3 is 1. The molecule has 0 bridgehead atoms. The fourth-order valence-electron chi connectivity index (χ4n) is 3.83. The average Bonchev–Trinajstić information content (AvgIpc) is 3.03. The van der Waals surface area contributed by atoms with Crippen LogP contribution < -0.4 is 4.74 Å². The largest absolute Gasteiger partial charge is 0.491 e. The van der Waals surface area contributed by atoms with E-state index in [-0.39, 0.29) is 6.10 Å². The molecule has 5 heteroatoms. The molecular weight excluding hydrogens is 306 g/mol. The van der Waals surface area contributed by atoms with Crippen LogP contribution in [-0.4, -0.2) is 62.2 Å². The van der Waals surface area contributed by atoms with Crippen LogP contribution in [0.1, 0.15) is 24.8 Å². The van der Waals surface area contributed by atoms with Crippen molar-refractivity contribution in [2.24, 2.45) is 5.92 Å². The summed E-state index contributed by atoms with van der Waals surface area (Å²) in [5, 5.41) is 10.3. The van der Waals surface area contributed by atoms with Gasteiger partial charge in [0.15, 0.2) is 0 Å². The Balaban J connectivity index is 1.58. The Labute approximate surface area is 144 Å². The summed E-state index contributed by atoms with van der Waals surface area (Å²) in [6.45, 7) is 4.51. The lowest BCUT2D eigenvalue weighted by Gasteiger charge is -2.40. The normalized spacial score (nSPS) is 28.2. The summed E-state index contributed by atoms with van der Waals surface area (Å²) in [7, 11) is 1.67. The molecule has 0 amide bonds. The molecule has 1 aliphatic carbocycles. The summed E-state index contributed by atoms with van der Waals surface area (Å²) < 4.78 is 16.3. The highest BCUT2D eigenvalue weighted by Crippen LogP contribution is 2.32. The zero-order valence-electron chi connectivity index (χ0n) is 14.5. The Morgan fingerprint density at radius 3 is 2.75 bits per heavy atom. The van der Waals surface area contributed by atoms with Crippen LogP contribution in [0.2, 0.25) is 0 Å². The van der Waals surface area contributed by atoms with E-state index in [4.69, 9.17) is 14.2 Å². The van der Waals surface area contributed by atoms with Crippen LogP contribution in [0.25, 0.3) is 0 Å². The summed E-state index contributed by atoms with van der Waals surface area (Å²) in [6, 6.07) is 8.61. The summed E-state index contributed by atoms with van der Waals surface area (Å²) in [5.74, 6) is 1.22. The van der Waals surface area contributed by atoms with Gasteiger partial charge in [0.25, 0.3) is 0 Å². The van der Waals surface area contributed by atoms with Gasteiger partial charge >= 0.3 is 0 Å². The molecule has 1 N–H and O–H groups in total. The minimum Gasteiger partial charge on any atom is -0.491 e. The monoisotopic (exact) mass is 335 g/mol. The van der Waals surface area contributed by atoms with Gasteiger partial charge in [0, 0.05) is 32.2 Å². The van der Waals surface area contributed by atoms with Gasteiger partial charge in [-0.3, -0.25) is 4.90 Å². The van der Waals surface area contributed by atoms with Gasteiger partial charge in [0.05, 0.1) is 25.9 Å². The van der Waals surface area contributed by atoms with Crippen molar-refractivity contribution in [3.8, 4) is 5.75 Å². The first kappa shape index (κ1) is 17.7. The predicted molar refractivity (Wildman–Crippen MR) is 92.2 cm³/mol. The molecule has 1 aromatic carbocycles. The van der Waals surface area contributed by atoms with Gasteiger partial charge in [-0.1, -0.05) is 18.6 Å². The maximum atomic E-state index is 10.3. The third-order valence-corrected chi connectivity index (χ3v) is 5.17. The Kier molecular flexibility index (Phi) is 6.49. The molecule has 24 heavy (non-hydrogen) atoms. The number of nitrogens with zero attached hydrogens (tertiary/aromatic N) is 1. The molecule has 0 spiro atoms. The van der Waals surface area contributed by atoms with Gasteiger partial charge in [0.2, 0.25) is 0 Å². The van der Waals surface area contributed by atoms with Gasteiger partial charge in [-0.15, -0.1) is 0 Å². The maximum Gasteiger partial charge on any atom is 0.119 e. The zero-order chi connectivity index (χ0) is 16.8. The minimum absolute atomic E-state index is 0.171. The van der Waals surface area contributed by atoms with E-state index in [1.807, 2.05) is 12.1 Å². The molecule has 2 fully saturated rings. The first-order chi connectivity index (χ1) is 11.8. The van der Waals surface area contributed by atoms with Crippen molar-refractivity contribution in [3.05, 3.63) is 29.8 Å². The minimum atomic E-state index is -0.171. The van der Waals surface area contributed by atoms with Gasteiger partial charge < -0.3 is 19.3 Å². The van der Waals surface area contributed by atoms with E-state index in [2.05, 4.69) is 17.0 Å². The molecule has 0 aromatic heterocycles. The highest BCUT2D eigenvalue weighted by atomic mass is 16.5. The second-order valence-corrected chi connectivity index (χ2v) is 6.76. The number of ether oxygens (including phenoxy) is 3. The van der Waals surface area contributed by atoms with Gasteiger partial charge in [-0.05, 0) is 30.5 Å². The smallest absolute Gasteiger partial charge is 0.119 e. The number of hydrogen-bond donors (Lipinski definition) is 1. The van der Waals surface area contributed by atoms with Crippen LogP contribution >= 0.6 is 0 Å². The first-order valence-corrected chi connectivity index (χ1v) is 8.98. The van der Waals surface area contributed by atoms with E-state index in [0.29, 0.717) is 25.2 Å². The Morgan fingerprint density at radius 1 is 1.21 bits per heavy atom. The molecule has 134 valence electrons. The molecule has 1 aliphatic heterocycles. The van der Waals surface area contributed by atoms with Crippen LogP contribution in [0.4, 0.5) is 0 Å². The maximum absolute atomic E-state index is 10.3. The number of aliphatic hydroxyl groups is 1. The van der Waals surface area contributed by atoms with Crippen molar-refractivity contribution in [2.75, 3.05) is 40.1 Å². The highest BCUT2D eigenvalue weighted by Gasteiger charge is 2.37. The van der Waals surface area contributed by atoms with E-state index in [1.54, 1.807) is 7.11 Å². The Bertz CT molecular complexity index is 493. The van der Waals surface area contributed by atoms with Crippen molar-refractivity contribution in [3.63, 3.8) is 0 Å². The summed E-state index contributed by atoms with van der Waals surface area (Å²) >= 11 is 0. The molecule has 0 radical (unpaired) electrons. The lowest BCUT2D eigenvalue weighted by molar-refractivity contribution is -0.0536. The lowest BCUT2D eigenvalue weighted by Crippen LogP contribution is -2.50. The first-order valence-electron chi connectivity index (χ1n) is 8.98. The van der Waals surface area contributed by atoms with Crippen LogP contribution in [0.5, 0.6) is 5.75 Å². The van der Waals surface area contributed by atoms with Gasteiger partial charge in [-0.2, -0.15) is 0 Å². The van der Waals surface area contributed by atoms with Gasteiger partial charge in [0.1, 0.15) is 12.4 Å². The topological polar surface area (TPSA) is 51.2 Å². The van der Waals surface area contributed by atoms with Crippen LogP contribution in [0, 0.1) is 5.92 Å². The lowest BCUT2D eigenvalue weighted by atomic mass is 9.94. The van der Waals surface area contributed by atoms with E-state index in [9.17, 15) is 5.11 Å². The molecule has 3 atom stereocenters. The number of rotatable bonds is 7. The van der Waals surface area contributed by atoms with E-state index < -0.39 is 0 Å². The summed E-state index contributed by atoms with van der Waals surface area (Å²) in [5.41, 5.74) is 1.27. The second-order valence-electron chi connectivity index (χ2n) is 6.76. The molecule has 2 aliphatic rings. The Morgan fingerprint density at radius 2 is 2.04 bits per heavy atom. The third kappa shape index (κ3) is 4.48. The van der Waals surface area contributed by atoms with Crippen molar-refractivity contribution in [2.45, 2.75) is 38.0 Å². The van der Waals surface area contributed by atoms with Crippen LogP contribution in [0.15, 0.2) is 24.3 Å².